The Hall–Kier alpha value is -4.04. The van der Waals surface area contributed by atoms with Crippen molar-refractivity contribution in [2.45, 2.75) is 13.0 Å². The zero-order valence-electron chi connectivity index (χ0n) is 18.3. The summed E-state index contributed by atoms with van der Waals surface area (Å²) >= 11 is 0. The first kappa shape index (κ1) is 23.1. The van der Waals surface area contributed by atoms with Gasteiger partial charge in [0.05, 0.1) is 7.11 Å². The van der Waals surface area contributed by atoms with Gasteiger partial charge in [0.15, 0.2) is 11.6 Å². The first-order valence-corrected chi connectivity index (χ1v) is 10.6. The molecule has 0 atom stereocenters. The molecule has 2 N–H and O–H groups in total. The van der Waals surface area contributed by atoms with Crippen LogP contribution in [-0.4, -0.2) is 35.6 Å². The van der Waals surface area contributed by atoms with Gasteiger partial charge in [-0.15, -0.1) is 0 Å². The average molecular weight is 464 g/mol. The predicted molar refractivity (Wildman–Crippen MR) is 122 cm³/mol. The van der Waals surface area contributed by atoms with E-state index < -0.39 is 17.5 Å². The number of amides is 2. The van der Waals surface area contributed by atoms with Gasteiger partial charge < -0.3 is 9.64 Å². The number of methoxy groups -OCH3 is 1. The molecule has 0 saturated carbocycles. The lowest BCUT2D eigenvalue weighted by atomic mass is 9.95. The molecular formula is C26H22F2N2O4. The van der Waals surface area contributed by atoms with Gasteiger partial charge in [0.1, 0.15) is 5.82 Å². The van der Waals surface area contributed by atoms with Crippen LogP contribution >= 0.6 is 0 Å². The molecule has 1 heterocycles. The number of fused-ring (bicyclic) bond motifs is 1. The highest BCUT2D eigenvalue weighted by molar-refractivity contribution is 6.24. The van der Waals surface area contributed by atoms with Crippen molar-refractivity contribution in [2.75, 3.05) is 13.7 Å². The molecule has 1 aliphatic heterocycles. The van der Waals surface area contributed by atoms with Crippen LogP contribution in [0.5, 0.6) is 5.75 Å². The lowest BCUT2D eigenvalue weighted by Gasteiger charge is -2.30. The van der Waals surface area contributed by atoms with Crippen molar-refractivity contribution >= 4 is 23.5 Å². The molecule has 6 nitrogen and oxygen atoms in total. The second-order valence-electron chi connectivity index (χ2n) is 7.86. The van der Waals surface area contributed by atoms with Gasteiger partial charge in [0.25, 0.3) is 11.8 Å². The molecule has 0 bridgehead atoms. The number of hydrogen-bond acceptors (Lipinski definition) is 4. The van der Waals surface area contributed by atoms with E-state index in [-0.39, 0.29) is 23.8 Å². The van der Waals surface area contributed by atoms with Crippen LogP contribution < -0.4 is 10.2 Å². The Morgan fingerprint density at radius 2 is 1.74 bits per heavy atom. The van der Waals surface area contributed by atoms with Gasteiger partial charge in [0.2, 0.25) is 0 Å². The molecule has 4 rings (SSSR count). The minimum atomic E-state index is -0.636. The third-order valence-electron chi connectivity index (χ3n) is 5.74. The number of nitrogens with zero attached hydrogens (tertiary/aromatic N) is 1. The normalized spacial score (nSPS) is 13.3. The van der Waals surface area contributed by atoms with Crippen molar-refractivity contribution < 1.29 is 28.3 Å². The molecule has 2 amide bonds. The van der Waals surface area contributed by atoms with Crippen molar-refractivity contribution in [1.29, 1.82) is 0 Å². The van der Waals surface area contributed by atoms with Crippen LogP contribution in [0.4, 0.5) is 8.78 Å². The Balaban J connectivity index is 1.70. The van der Waals surface area contributed by atoms with Gasteiger partial charge in [-0.1, -0.05) is 24.3 Å². The van der Waals surface area contributed by atoms with E-state index in [9.17, 15) is 18.4 Å². The van der Waals surface area contributed by atoms with E-state index in [2.05, 4.69) is 0 Å². The lowest BCUT2D eigenvalue weighted by Crippen LogP contribution is -2.36. The van der Waals surface area contributed by atoms with Crippen LogP contribution in [0.3, 0.4) is 0 Å². The molecule has 0 aromatic heterocycles. The molecule has 0 fully saturated rings. The minimum Gasteiger partial charge on any atom is -0.494 e. The van der Waals surface area contributed by atoms with Crippen LogP contribution in [-0.2, 0) is 17.8 Å². The number of rotatable bonds is 5. The van der Waals surface area contributed by atoms with Crippen LogP contribution in [0.1, 0.15) is 32.6 Å². The highest BCUT2D eigenvalue weighted by atomic mass is 19.1. The minimum absolute atomic E-state index is 0.0428. The fourth-order valence-corrected chi connectivity index (χ4v) is 3.94. The number of halogens is 2. The largest absolute Gasteiger partial charge is 0.494 e. The number of benzene rings is 3. The second kappa shape index (κ2) is 9.84. The van der Waals surface area contributed by atoms with E-state index in [4.69, 9.17) is 9.94 Å². The molecular weight excluding hydrogens is 442 g/mol. The third kappa shape index (κ3) is 4.82. The number of nitrogens with one attached hydrogen (secondary N) is 1. The van der Waals surface area contributed by atoms with Gasteiger partial charge in [-0.2, -0.15) is 0 Å². The zero-order valence-corrected chi connectivity index (χ0v) is 18.3. The number of ether oxygens (including phenoxy) is 1. The smallest absolute Gasteiger partial charge is 0.274 e. The Kier molecular flexibility index (Phi) is 6.70. The first-order chi connectivity index (χ1) is 16.4. The molecule has 0 radical (unpaired) electrons. The van der Waals surface area contributed by atoms with Crippen molar-refractivity contribution in [3.63, 3.8) is 0 Å². The number of hydrogen-bond donors (Lipinski definition) is 2. The van der Waals surface area contributed by atoms with Crippen molar-refractivity contribution in [3.8, 4) is 5.75 Å². The van der Waals surface area contributed by atoms with E-state index in [0.29, 0.717) is 29.7 Å². The molecule has 1 aliphatic rings. The van der Waals surface area contributed by atoms with E-state index in [0.717, 1.165) is 11.1 Å². The molecule has 174 valence electrons. The van der Waals surface area contributed by atoms with E-state index in [1.807, 2.05) is 6.07 Å². The summed E-state index contributed by atoms with van der Waals surface area (Å²) in [5.41, 5.74) is 5.06. The van der Waals surface area contributed by atoms with Gasteiger partial charge in [-0.3, -0.25) is 14.8 Å². The van der Waals surface area contributed by atoms with E-state index in [1.54, 1.807) is 28.6 Å². The summed E-state index contributed by atoms with van der Waals surface area (Å²) in [6.45, 7) is 0.703. The van der Waals surface area contributed by atoms with Gasteiger partial charge in [-0.25, -0.2) is 14.3 Å². The summed E-state index contributed by atoms with van der Waals surface area (Å²) in [7, 11) is 1.36. The molecule has 34 heavy (non-hydrogen) atoms. The fourth-order valence-electron chi connectivity index (χ4n) is 3.94. The molecule has 8 heteroatoms. The molecule has 0 aliphatic carbocycles. The Labute approximate surface area is 195 Å². The molecule has 3 aromatic carbocycles. The molecule has 0 spiro atoms. The van der Waals surface area contributed by atoms with Gasteiger partial charge in [0, 0.05) is 24.2 Å². The van der Waals surface area contributed by atoms with Crippen LogP contribution in [0.2, 0.25) is 0 Å². The Morgan fingerprint density at radius 1 is 1.00 bits per heavy atom. The average Bonchev–Trinajstić information content (AvgIpc) is 2.87. The van der Waals surface area contributed by atoms with Crippen LogP contribution in [0.25, 0.3) is 11.6 Å². The number of carbonyl (C=O) groups excluding carboxylic acids is 2. The van der Waals surface area contributed by atoms with Crippen molar-refractivity contribution in [2.24, 2.45) is 0 Å². The summed E-state index contributed by atoms with van der Waals surface area (Å²) in [6.07, 6.45) is 2.20. The van der Waals surface area contributed by atoms with Crippen molar-refractivity contribution in [1.82, 2.24) is 10.4 Å². The number of hydroxylamine groups is 1. The summed E-state index contributed by atoms with van der Waals surface area (Å²) < 4.78 is 32.5. The predicted octanol–water partition coefficient (Wildman–Crippen LogP) is 4.22. The fraction of sp³-hybridized carbons (Fsp3) is 0.154. The van der Waals surface area contributed by atoms with Crippen LogP contribution in [0.15, 0.2) is 60.7 Å². The maximum absolute atomic E-state index is 13.9. The highest BCUT2D eigenvalue weighted by Gasteiger charge is 2.25. The molecule has 3 aromatic rings. The summed E-state index contributed by atoms with van der Waals surface area (Å²) in [5, 5.41) is 8.91. The zero-order chi connectivity index (χ0) is 24.2. The summed E-state index contributed by atoms with van der Waals surface area (Å²) in [6, 6.07) is 14.9. The Bertz CT molecular complexity index is 1270. The maximum atomic E-state index is 13.9. The highest BCUT2D eigenvalue weighted by Crippen LogP contribution is 2.28. The summed E-state index contributed by atoms with van der Waals surface area (Å²) in [5.74, 6) is -1.84. The first-order valence-electron chi connectivity index (χ1n) is 10.6. The van der Waals surface area contributed by atoms with Crippen LogP contribution in [0, 0.1) is 11.6 Å². The van der Waals surface area contributed by atoms with Gasteiger partial charge >= 0.3 is 0 Å². The van der Waals surface area contributed by atoms with E-state index >= 15 is 0 Å². The monoisotopic (exact) mass is 464 g/mol. The standard InChI is InChI=1S/C26H22F2N2O4/c1-34-24-13-16(2-9-23(24)28)12-22(18-5-7-21(27)8-6-18)26(32)30-11-10-17-3-4-19(25(31)29-33)14-20(17)15-30/h2-9,12-14,33H,10-11,15H2,1H3,(H,29,31). The lowest BCUT2D eigenvalue weighted by molar-refractivity contribution is -0.125. The second-order valence-corrected chi connectivity index (χ2v) is 7.86. The van der Waals surface area contributed by atoms with Gasteiger partial charge in [-0.05, 0) is 71.1 Å². The number of carbonyl (C=O) groups is 2. The summed E-state index contributed by atoms with van der Waals surface area (Å²) in [4.78, 5) is 27.1. The topological polar surface area (TPSA) is 78.9 Å². The SMILES string of the molecule is COc1cc(C=C(C(=O)N2CCc3ccc(C(=O)NO)cc3C2)c2ccc(F)cc2)ccc1F. The maximum Gasteiger partial charge on any atom is 0.274 e. The quantitative estimate of drug-likeness (QED) is 0.257. The molecule has 0 unspecified atom stereocenters. The van der Waals surface area contributed by atoms with Crippen molar-refractivity contribution in [3.05, 3.63) is 100 Å². The van der Waals surface area contributed by atoms with E-state index in [1.165, 1.54) is 49.6 Å². The Morgan fingerprint density at radius 3 is 2.44 bits per heavy atom. The molecule has 0 saturated heterocycles. The third-order valence-corrected chi connectivity index (χ3v) is 5.74.